The summed E-state index contributed by atoms with van der Waals surface area (Å²) in [6.07, 6.45) is 1.43. The fourth-order valence-corrected chi connectivity index (χ4v) is 4.05. The minimum atomic E-state index is -4.27. The number of carbonyl (C=O) groups is 1. The van der Waals surface area contributed by atoms with Crippen LogP contribution in [0, 0.1) is 11.7 Å². The second-order valence-corrected chi connectivity index (χ2v) is 9.08. The van der Waals surface area contributed by atoms with Crippen molar-refractivity contribution in [3.63, 3.8) is 0 Å². The SMILES string of the molecule is COc1ccc(S(=O)(=O)Oc2cccc(CN(CC(C)C)C(=O)c3ccco3)c2)cc1F. The Bertz CT molecular complexity index is 1170. The highest BCUT2D eigenvalue weighted by atomic mass is 32.2. The zero-order chi connectivity index (χ0) is 23.3. The van der Waals surface area contributed by atoms with Gasteiger partial charge in [-0.25, -0.2) is 4.39 Å². The number of ether oxygens (including phenoxy) is 1. The molecule has 0 aliphatic heterocycles. The molecule has 0 saturated heterocycles. The Balaban J connectivity index is 1.80. The standard InChI is InChI=1S/C23H24FNO6S/c1-16(2)14-25(23(26)22-8-5-11-30-22)15-17-6-4-7-18(12-17)31-32(27,28)19-9-10-21(29-3)20(24)13-19/h4-13,16H,14-15H2,1-3H3. The summed E-state index contributed by atoms with van der Waals surface area (Å²) < 4.78 is 54.3. The normalized spacial score (nSPS) is 11.4. The number of furan rings is 1. The van der Waals surface area contributed by atoms with Gasteiger partial charge in [0.25, 0.3) is 5.91 Å². The van der Waals surface area contributed by atoms with E-state index in [1.54, 1.807) is 29.2 Å². The monoisotopic (exact) mass is 461 g/mol. The van der Waals surface area contributed by atoms with Crippen molar-refractivity contribution in [2.24, 2.45) is 5.92 Å². The molecule has 3 aromatic rings. The molecule has 0 fully saturated rings. The number of nitrogens with zero attached hydrogens (tertiary/aromatic N) is 1. The summed E-state index contributed by atoms with van der Waals surface area (Å²) in [5.74, 6) is -0.671. The first-order chi connectivity index (χ1) is 15.2. The Morgan fingerprint density at radius 2 is 1.91 bits per heavy atom. The number of hydrogen-bond donors (Lipinski definition) is 0. The maximum Gasteiger partial charge on any atom is 0.339 e. The Morgan fingerprint density at radius 1 is 1.12 bits per heavy atom. The Kier molecular flexibility index (Phi) is 7.19. The second-order valence-electron chi connectivity index (χ2n) is 7.54. The number of amides is 1. The summed E-state index contributed by atoms with van der Waals surface area (Å²) in [6.45, 7) is 4.69. The van der Waals surface area contributed by atoms with Crippen LogP contribution in [-0.4, -0.2) is 32.9 Å². The van der Waals surface area contributed by atoms with Gasteiger partial charge >= 0.3 is 10.1 Å². The Hall–Kier alpha value is -3.33. The highest BCUT2D eigenvalue weighted by molar-refractivity contribution is 7.87. The molecule has 2 aromatic carbocycles. The molecule has 1 heterocycles. The molecule has 0 saturated carbocycles. The lowest BCUT2D eigenvalue weighted by Gasteiger charge is -2.24. The molecule has 7 nitrogen and oxygen atoms in total. The van der Waals surface area contributed by atoms with Crippen molar-refractivity contribution >= 4 is 16.0 Å². The first kappa shape index (κ1) is 23.3. The zero-order valence-corrected chi connectivity index (χ0v) is 18.8. The van der Waals surface area contributed by atoms with Crippen molar-refractivity contribution in [1.82, 2.24) is 4.90 Å². The predicted molar refractivity (Wildman–Crippen MR) is 115 cm³/mol. The first-order valence-corrected chi connectivity index (χ1v) is 11.3. The fraction of sp³-hybridized carbons (Fsp3) is 0.261. The summed E-state index contributed by atoms with van der Waals surface area (Å²) in [5.41, 5.74) is 0.666. The molecule has 0 radical (unpaired) electrons. The van der Waals surface area contributed by atoms with Crippen LogP contribution in [0.4, 0.5) is 4.39 Å². The third kappa shape index (κ3) is 5.67. The first-order valence-electron chi connectivity index (χ1n) is 9.89. The summed E-state index contributed by atoms with van der Waals surface area (Å²) in [5, 5.41) is 0. The predicted octanol–water partition coefficient (Wildman–Crippen LogP) is 4.49. The van der Waals surface area contributed by atoms with Gasteiger partial charge in [-0.3, -0.25) is 4.79 Å². The molecule has 0 unspecified atom stereocenters. The maximum atomic E-state index is 13.9. The van der Waals surface area contributed by atoms with E-state index in [0.29, 0.717) is 12.1 Å². The maximum absolute atomic E-state index is 13.9. The van der Waals surface area contributed by atoms with Gasteiger partial charge in [-0.1, -0.05) is 26.0 Å². The van der Waals surface area contributed by atoms with E-state index in [-0.39, 0.29) is 40.5 Å². The number of hydrogen-bond acceptors (Lipinski definition) is 6. The number of halogens is 1. The van der Waals surface area contributed by atoms with E-state index in [2.05, 4.69) is 0 Å². The average molecular weight is 462 g/mol. The summed E-state index contributed by atoms with van der Waals surface area (Å²) in [6, 6.07) is 12.9. The molecule has 32 heavy (non-hydrogen) atoms. The Labute approximate surface area is 186 Å². The minimum Gasteiger partial charge on any atom is -0.494 e. The topological polar surface area (TPSA) is 86.1 Å². The largest absolute Gasteiger partial charge is 0.494 e. The second kappa shape index (κ2) is 9.86. The molecular weight excluding hydrogens is 437 g/mol. The molecule has 1 amide bonds. The van der Waals surface area contributed by atoms with Crippen molar-refractivity contribution in [2.75, 3.05) is 13.7 Å². The molecule has 0 atom stereocenters. The molecule has 0 spiro atoms. The molecule has 3 rings (SSSR count). The van der Waals surface area contributed by atoms with Gasteiger partial charge in [-0.05, 0) is 53.9 Å². The van der Waals surface area contributed by atoms with Crippen LogP contribution in [-0.2, 0) is 16.7 Å². The molecular formula is C23H24FNO6S. The van der Waals surface area contributed by atoms with E-state index < -0.39 is 15.9 Å². The van der Waals surface area contributed by atoms with Gasteiger partial charge < -0.3 is 18.2 Å². The third-order valence-corrected chi connectivity index (χ3v) is 5.74. The molecule has 1 aromatic heterocycles. The van der Waals surface area contributed by atoms with Gasteiger partial charge in [0, 0.05) is 13.1 Å². The van der Waals surface area contributed by atoms with E-state index in [4.69, 9.17) is 13.3 Å². The van der Waals surface area contributed by atoms with Gasteiger partial charge in [-0.15, -0.1) is 0 Å². The Morgan fingerprint density at radius 3 is 2.53 bits per heavy atom. The van der Waals surface area contributed by atoms with Crippen molar-refractivity contribution in [1.29, 1.82) is 0 Å². The van der Waals surface area contributed by atoms with Crippen molar-refractivity contribution in [3.8, 4) is 11.5 Å². The van der Waals surface area contributed by atoms with Crippen LogP contribution < -0.4 is 8.92 Å². The average Bonchev–Trinajstić information content (AvgIpc) is 3.27. The van der Waals surface area contributed by atoms with E-state index >= 15 is 0 Å². The highest BCUT2D eigenvalue weighted by Crippen LogP contribution is 2.25. The number of rotatable bonds is 9. The van der Waals surface area contributed by atoms with E-state index in [0.717, 1.165) is 6.07 Å². The summed E-state index contributed by atoms with van der Waals surface area (Å²) in [4.78, 5) is 14.1. The molecule has 9 heteroatoms. The molecule has 0 N–H and O–H groups in total. The van der Waals surface area contributed by atoms with Crippen molar-refractivity contribution in [3.05, 3.63) is 78.0 Å². The zero-order valence-electron chi connectivity index (χ0n) is 17.9. The molecule has 0 aliphatic carbocycles. The van der Waals surface area contributed by atoms with Gasteiger partial charge in [-0.2, -0.15) is 8.42 Å². The number of methoxy groups -OCH3 is 1. The number of carbonyl (C=O) groups excluding carboxylic acids is 1. The van der Waals surface area contributed by atoms with E-state index in [1.165, 1.54) is 37.6 Å². The lowest BCUT2D eigenvalue weighted by atomic mass is 10.1. The van der Waals surface area contributed by atoms with E-state index in [1.807, 2.05) is 13.8 Å². The van der Waals surface area contributed by atoms with Gasteiger partial charge in [0.05, 0.1) is 13.4 Å². The van der Waals surface area contributed by atoms with Crippen LogP contribution in [0.2, 0.25) is 0 Å². The van der Waals surface area contributed by atoms with Gasteiger partial charge in [0.15, 0.2) is 17.3 Å². The summed E-state index contributed by atoms with van der Waals surface area (Å²) in [7, 11) is -2.98. The quantitative estimate of drug-likeness (QED) is 0.437. The lowest BCUT2D eigenvalue weighted by molar-refractivity contribution is 0.0690. The molecule has 0 bridgehead atoms. The van der Waals surface area contributed by atoms with Crippen LogP contribution in [0.15, 0.2) is 70.2 Å². The summed E-state index contributed by atoms with van der Waals surface area (Å²) >= 11 is 0. The van der Waals surface area contributed by atoms with Crippen LogP contribution in [0.1, 0.15) is 30.0 Å². The number of benzene rings is 2. The highest BCUT2D eigenvalue weighted by Gasteiger charge is 2.22. The van der Waals surface area contributed by atoms with Crippen LogP contribution in [0.5, 0.6) is 11.5 Å². The smallest absolute Gasteiger partial charge is 0.339 e. The third-order valence-electron chi connectivity index (χ3n) is 4.49. The fourth-order valence-electron chi connectivity index (χ4n) is 3.11. The van der Waals surface area contributed by atoms with Gasteiger partial charge in [0.1, 0.15) is 10.6 Å². The minimum absolute atomic E-state index is 0.0497. The van der Waals surface area contributed by atoms with Crippen molar-refractivity contribution < 1.29 is 30.9 Å². The molecule has 0 aliphatic rings. The molecule has 170 valence electrons. The van der Waals surface area contributed by atoms with Crippen molar-refractivity contribution in [2.45, 2.75) is 25.3 Å². The van der Waals surface area contributed by atoms with Crippen LogP contribution in [0.3, 0.4) is 0 Å². The van der Waals surface area contributed by atoms with Crippen LogP contribution in [0.25, 0.3) is 0 Å². The van der Waals surface area contributed by atoms with E-state index in [9.17, 15) is 17.6 Å². The lowest BCUT2D eigenvalue weighted by Crippen LogP contribution is -2.33. The van der Waals surface area contributed by atoms with Crippen LogP contribution >= 0.6 is 0 Å². The van der Waals surface area contributed by atoms with Gasteiger partial charge in [0.2, 0.25) is 0 Å².